The van der Waals surface area contributed by atoms with Gasteiger partial charge in [0.1, 0.15) is 0 Å². The predicted molar refractivity (Wildman–Crippen MR) is 121 cm³/mol. The van der Waals surface area contributed by atoms with Crippen LogP contribution in [0.1, 0.15) is 40.0 Å². The topological polar surface area (TPSA) is 55.9 Å². The molecule has 30 heavy (non-hydrogen) atoms. The highest BCUT2D eigenvalue weighted by molar-refractivity contribution is 5.84. The van der Waals surface area contributed by atoms with Crippen LogP contribution in [0.2, 0.25) is 0 Å². The number of nitrogens with one attached hydrogen (secondary N) is 1. The van der Waals surface area contributed by atoms with Gasteiger partial charge in [0.15, 0.2) is 0 Å². The monoisotopic (exact) mass is 414 g/mol. The maximum absolute atomic E-state index is 12.7. The lowest BCUT2D eigenvalue weighted by atomic mass is 9.88. The van der Waals surface area contributed by atoms with E-state index in [1.165, 1.54) is 5.69 Å². The van der Waals surface area contributed by atoms with Gasteiger partial charge in [0.05, 0.1) is 5.92 Å². The van der Waals surface area contributed by atoms with Crippen LogP contribution in [-0.2, 0) is 9.59 Å². The molecule has 0 aliphatic carbocycles. The first-order chi connectivity index (χ1) is 14.5. The van der Waals surface area contributed by atoms with Crippen molar-refractivity contribution in [2.45, 2.75) is 46.1 Å². The third-order valence-corrected chi connectivity index (χ3v) is 6.41. The second kappa shape index (κ2) is 10.8. The van der Waals surface area contributed by atoms with Gasteiger partial charge in [-0.1, -0.05) is 32.0 Å². The second-order valence-electron chi connectivity index (χ2n) is 9.13. The van der Waals surface area contributed by atoms with Crippen LogP contribution < -0.4 is 10.2 Å². The number of likely N-dealkylation sites (tertiary alicyclic amines) is 1. The van der Waals surface area contributed by atoms with E-state index in [1.807, 2.05) is 11.8 Å². The van der Waals surface area contributed by atoms with Gasteiger partial charge in [-0.15, -0.1) is 0 Å². The van der Waals surface area contributed by atoms with Gasteiger partial charge in [-0.2, -0.15) is 0 Å². The highest BCUT2D eigenvalue weighted by Gasteiger charge is 2.36. The summed E-state index contributed by atoms with van der Waals surface area (Å²) >= 11 is 0. The van der Waals surface area contributed by atoms with Crippen LogP contribution in [0.4, 0.5) is 5.69 Å². The zero-order valence-electron chi connectivity index (χ0n) is 18.8. The molecule has 1 aromatic carbocycles. The molecule has 2 aliphatic rings. The summed E-state index contributed by atoms with van der Waals surface area (Å²) in [5.74, 6) is 0.629. The van der Waals surface area contributed by atoms with Crippen LogP contribution in [0.15, 0.2) is 30.3 Å². The SMILES string of the molecule is CC(C)CN1C(=O)CC[C@@H](C(=O)NCCCN2CCN(c3ccccc3)CC2)[C@H]1C. The van der Waals surface area contributed by atoms with E-state index in [1.54, 1.807) is 0 Å². The molecule has 1 N–H and O–H groups in total. The van der Waals surface area contributed by atoms with Crippen molar-refractivity contribution >= 4 is 17.5 Å². The van der Waals surface area contributed by atoms with E-state index in [2.05, 4.69) is 59.3 Å². The standard InChI is InChI=1S/C24H38N4O2/c1-19(2)18-28-20(3)22(10-11-23(28)29)24(30)25-12-7-13-26-14-16-27(17-15-26)21-8-5-4-6-9-21/h4-6,8-9,19-20,22H,7,10-18H2,1-3H3,(H,25,30)/t20-,22-/m1/s1. The number of hydrogen-bond acceptors (Lipinski definition) is 4. The maximum Gasteiger partial charge on any atom is 0.225 e. The van der Waals surface area contributed by atoms with Crippen molar-refractivity contribution in [2.75, 3.05) is 50.7 Å². The molecule has 0 saturated carbocycles. The van der Waals surface area contributed by atoms with E-state index >= 15 is 0 Å². The number of anilines is 1. The molecular formula is C24H38N4O2. The summed E-state index contributed by atoms with van der Waals surface area (Å²) in [7, 11) is 0. The van der Waals surface area contributed by atoms with Gasteiger partial charge in [-0.3, -0.25) is 14.5 Å². The van der Waals surface area contributed by atoms with Crippen molar-refractivity contribution in [2.24, 2.45) is 11.8 Å². The van der Waals surface area contributed by atoms with E-state index in [-0.39, 0.29) is 23.8 Å². The lowest BCUT2D eigenvalue weighted by Gasteiger charge is -2.39. The Morgan fingerprint density at radius 1 is 1.13 bits per heavy atom. The van der Waals surface area contributed by atoms with Crippen LogP contribution in [0, 0.1) is 11.8 Å². The molecular weight excluding hydrogens is 376 g/mol. The quantitative estimate of drug-likeness (QED) is 0.665. The van der Waals surface area contributed by atoms with Gasteiger partial charge in [0.25, 0.3) is 0 Å². The Labute approximate surface area is 181 Å². The summed E-state index contributed by atoms with van der Waals surface area (Å²) in [4.78, 5) is 31.8. The van der Waals surface area contributed by atoms with Crippen LogP contribution in [0.25, 0.3) is 0 Å². The first-order valence-electron chi connectivity index (χ1n) is 11.5. The average molecular weight is 415 g/mol. The minimum Gasteiger partial charge on any atom is -0.369 e. The number of amides is 2. The fourth-order valence-electron chi connectivity index (χ4n) is 4.63. The number of nitrogens with zero attached hydrogens (tertiary/aromatic N) is 3. The minimum absolute atomic E-state index is 0.0142. The number of benzene rings is 1. The van der Waals surface area contributed by atoms with Crippen molar-refractivity contribution in [3.8, 4) is 0 Å². The molecule has 1 aromatic rings. The van der Waals surface area contributed by atoms with Crippen LogP contribution >= 0.6 is 0 Å². The van der Waals surface area contributed by atoms with Gasteiger partial charge in [0.2, 0.25) is 11.8 Å². The molecule has 3 rings (SSSR count). The zero-order chi connectivity index (χ0) is 21.5. The van der Waals surface area contributed by atoms with Crippen molar-refractivity contribution in [3.05, 3.63) is 30.3 Å². The minimum atomic E-state index is -0.0872. The van der Waals surface area contributed by atoms with Crippen molar-refractivity contribution in [1.29, 1.82) is 0 Å². The van der Waals surface area contributed by atoms with Crippen molar-refractivity contribution < 1.29 is 9.59 Å². The van der Waals surface area contributed by atoms with Crippen LogP contribution in [0.3, 0.4) is 0 Å². The summed E-state index contributed by atoms with van der Waals surface area (Å²) < 4.78 is 0. The Morgan fingerprint density at radius 2 is 1.83 bits per heavy atom. The fraction of sp³-hybridized carbons (Fsp3) is 0.667. The Hall–Kier alpha value is -2.08. The molecule has 2 amide bonds. The molecule has 0 radical (unpaired) electrons. The highest BCUT2D eigenvalue weighted by Crippen LogP contribution is 2.25. The van der Waals surface area contributed by atoms with E-state index in [9.17, 15) is 9.59 Å². The molecule has 2 saturated heterocycles. The fourth-order valence-corrected chi connectivity index (χ4v) is 4.63. The van der Waals surface area contributed by atoms with Gasteiger partial charge >= 0.3 is 0 Å². The molecule has 2 atom stereocenters. The summed E-state index contributed by atoms with van der Waals surface area (Å²) in [6, 6.07) is 10.6. The molecule has 6 nitrogen and oxygen atoms in total. The van der Waals surface area contributed by atoms with E-state index in [0.29, 0.717) is 25.3 Å². The van der Waals surface area contributed by atoms with E-state index in [0.717, 1.165) is 45.7 Å². The largest absolute Gasteiger partial charge is 0.369 e. The van der Waals surface area contributed by atoms with Gasteiger partial charge < -0.3 is 15.1 Å². The predicted octanol–water partition coefficient (Wildman–Crippen LogP) is 2.60. The molecule has 0 bridgehead atoms. The summed E-state index contributed by atoms with van der Waals surface area (Å²) in [5, 5.41) is 3.13. The molecule has 2 heterocycles. The molecule has 6 heteroatoms. The number of piperazine rings is 1. The molecule has 0 unspecified atom stereocenters. The number of carbonyl (C=O) groups is 2. The third-order valence-electron chi connectivity index (χ3n) is 6.41. The normalized spacial score (nSPS) is 23.1. The average Bonchev–Trinajstić information content (AvgIpc) is 2.75. The summed E-state index contributed by atoms with van der Waals surface area (Å²) in [5.41, 5.74) is 1.30. The van der Waals surface area contributed by atoms with Crippen molar-refractivity contribution in [3.63, 3.8) is 0 Å². The Kier molecular flexibility index (Phi) is 8.14. The third kappa shape index (κ3) is 5.97. The summed E-state index contributed by atoms with van der Waals surface area (Å²) in [6.07, 6.45) is 2.12. The second-order valence-corrected chi connectivity index (χ2v) is 9.13. The molecule has 0 spiro atoms. The number of piperidine rings is 1. The highest BCUT2D eigenvalue weighted by atomic mass is 16.2. The van der Waals surface area contributed by atoms with Gasteiger partial charge in [-0.05, 0) is 44.4 Å². The molecule has 2 fully saturated rings. The lowest BCUT2D eigenvalue weighted by Crippen LogP contribution is -2.53. The van der Waals surface area contributed by atoms with Crippen LogP contribution in [0.5, 0.6) is 0 Å². The van der Waals surface area contributed by atoms with Gasteiger partial charge in [-0.25, -0.2) is 0 Å². The molecule has 0 aromatic heterocycles. The Bertz CT molecular complexity index is 686. The van der Waals surface area contributed by atoms with Crippen molar-refractivity contribution in [1.82, 2.24) is 15.1 Å². The number of carbonyl (C=O) groups excluding carboxylic acids is 2. The smallest absolute Gasteiger partial charge is 0.225 e. The molecule has 166 valence electrons. The van der Waals surface area contributed by atoms with Crippen LogP contribution in [-0.4, -0.2) is 73.5 Å². The number of rotatable bonds is 8. The lowest BCUT2D eigenvalue weighted by molar-refractivity contribution is -0.143. The van der Waals surface area contributed by atoms with E-state index < -0.39 is 0 Å². The first-order valence-corrected chi connectivity index (χ1v) is 11.5. The molecule has 2 aliphatic heterocycles. The Morgan fingerprint density at radius 3 is 2.50 bits per heavy atom. The number of hydrogen-bond donors (Lipinski definition) is 1. The first kappa shape index (κ1) is 22.6. The summed E-state index contributed by atoms with van der Waals surface area (Å²) in [6.45, 7) is 12.9. The zero-order valence-corrected chi connectivity index (χ0v) is 18.8. The number of para-hydroxylation sites is 1. The van der Waals surface area contributed by atoms with Gasteiger partial charge in [0, 0.05) is 57.4 Å². The van der Waals surface area contributed by atoms with E-state index in [4.69, 9.17) is 0 Å². The maximum atomic E-state index is 12.7. The Balaban J connectivity index is 1.35.